The van der Waals surface area contributed by atoms with Crippen molar-refractivity contribution in [3.05, 3.63) is 12.2 Å². The van der Waals surface area contributed by atoms with Gasteiger partial charge in [0.2, 0.25) is 0 Å². The van der Waals surface area contributed by atoms with Crippen LogP contribution < -0.4 is 0 Å². The van der Waals surface area contributed by atoms with Gasteiger partial charge >= 0.3 is 5.97 Å². The largest absolute Gasteiger partial charge is 0.481 e. The zero-order valence-corrected chi connectivity index (χ0v) is 12.9. The Balaban J connectivity index is 3.32. The summed E-state index contributed by atoms with van der Waals surface area (Å²) in [7, 11) is 0. The summed E-state index contributed by atoms with van der Waals surface area (Å²) in [5, 5.41) is 8.53. The van der Waals surface area contributed by atoms with Gasteiger partial charge in [0.05, 0.1) is 0 Å². The fourth-order valence-electron chi connectivity index (χ4n) is 2.21. The number of allylic oxidation sites excluding steroid dienone is 2. The molecule has 19 heavy (non-hydrogen) atoms. The molecule has 0 aromatic carbocycles. The minimum Gasteiger partial charge on any atom is -0.481 e. The van der Waals surface area contributed by atoms with Crippen LogP contribution in [0.5, 0.6) is 0 Å². The summed E-state index contributed by atoms with van der Waals surface area (Å²) < 4.78 is 0. The summed E-state index contributed by atoms with van der Waals surface area (Å²) in [6.45, 7) is 4.50. The Morgan fingerprint density at radius 3 is 2.42 bits per heavy atom. The van der Waals surface area contributed by atoms with Gasteiger partial charge in [-0.1, -0.05) is 64.5 Å². The number of carbonyl (C=O) groups is 1. The molecule has 0 bridgehead atoms. The Labute approximate surface area is 119 Å². The van der Waals surface area contributed by atoms with E-state index in [9.17, 15) is 4.79 Å². The van der Waals surface area contributed by atoms with Gasteiger partial charge in [-0.15, -0.1) is 0 Å². The van der Waals surface area contributed by atoms with Gasteiger partial charge in [-0.25, -0.2) is 0 Å². The highest BCUT2D eigenvalue weighted by Crippen LogP contribution is 2.13. The molecule has 0 fully saturated rings. The molecule has 0 amide bonds. The average Bonchev–Trinajstić information content (AvgIpc) is 2.37. The monoisotopic (exact) mass is 268 g/mol. The van der Waals surface area contributed by atoms with Crippen molar-refractivity contribution in [2.75, 3.05) is 0 Å². The van der Waals surface area contributed by atoms with Crippen molar-refractivity contribution < 1.29 is 9.90 Å². The molecule has 112 valence electrons. The fraction of sp³-hybridized carbons (Fsp3) is 0.824. The molecular weight excluding hydrogens is 236 g/mol. The zero-order chi connectivity index (χ0) is 14.3. The first-order valence-corrected chi connectivity index (χ1v) is 8.05. The van der Waals surface area contributed by atoms with Gasteiger partial charge < -0.3 is 5.11 Å². The Hall–Kier alpha value is -0.790. The second kappa shape index (κ2) is 13.6. The summed E-state index contributed by atoms with van der Waals surface area (Å²) in [6, 6.07) is 0. The van der Waals surface area contributed by atoms with Crippen LogP contribution in [-0.4, -0.2) is 11.1 Å². The number of hydrogen-bond acceptors (Lipinski definition) is 1. The van der Waals surface area contributed by atoms with Gasteiger partial charge in [0.25, 0.3) is 0 Å². The lowest BCUT2D eigenvalue weighted by molar-refractivity contribution is -0.137. The number of unbranched alkanes of at least 4 members (excludes halogenated alkanes) is 7. The summed E-state index contributed by atoms with van der Waals surface area (Å²) in [6.07, 6.45) is 17.1. The Morgan fingerprint density at radius 1 is 1.05 bits per heavy atom. The van der Waals surface area contributed by atoms with Gasteiger partial charge in [0, 0.05) is 6.42 Å². The normalized spacial score (nSPS) is 12.9. The predicted molar refractivity (Wildman–Crippen MR) is 82.4 cm³/mol. The number of rotatable bonds is 13. The lowest BCUT2D eigenvalue weighted by Gasteiger charge is -2.05. The molecule has 2 nitrogen and oxygen atoms in total. The average molecular weight is 268 g/mol. The lowest BCUT2D eigenvalue weighted by Crippen LogP contribution is -1.95. The first-order valence-electron chi connectivity index (χ1n) is 8.05. The summed E-state index contributed by atoms with van der Waals surface area (Å²) in [5.41, 5.74) is 0. The van der Waals surface area contributed by atoms with Crippen LogP contribution >= 0.6 is 0 Å². The second-order valence-electron chi connectivity index (χ2n) is 5.60. The number of carboxylic acid groups (broad SMARTS) is 1. The molecule has 1 unspecified atom stereocenters. The van der Waals surface area contributed by atoms with Gasteiger partial charge in [-0.05, 0) is 31.6 Å². The highest BCUT2D eigenvalue weighted by molar-refractivity contribution is 5.66. The number of carboxylic acids is 1. The van der Waals surface area contributed by atoms with Crippen molar-refractivity contribution in [2.24, 2.45) is 5.92 Å². The topological polar surface area (TPSA) is 37.3 Å². The molecule has 0 heterocycles. The Morgan fingerprint density at radius 2 is 1.74 bits per heavy atom. The molecule has 0 rings (SSSR count). The first kappa shape index (κ1) is 18.2. The lowest BCUT2D eigenvalue weighted by atomic mass is 10.0. The molecule has 0 aliphatic heterocycles. The molecule has 0 aliphatic rings. The predicted octanol–water partition coefficient (Wildman–Crippen LogP) is 5.57. The van der Waals surface area contributed by atoms with Gasteiger partial charge in [0.15, 0.2) is 0 Å². The van der Waals surface area contributed by atoms with Crippen molar-refractivity contribution in [3.63, 3.8) is 0 Å². The highest BCUT2D eigenvalue weighted by Gasteiger charge is 1.99. The van der Waals surface area contributed by atoms with Crippen molar-refractivity contribution in [3.8, 4) is 0 Å². The van der Waals surface area contributed by atoms with Crippen LogP contribution in [0.15, 0.2) is 12.2 Å². The highest BCUT2D eigenvalue weighted by atomic mass is 16.4. The van der Waals surface area contributed by atoms with Crippen LogP contribution in [0.25, 0.3) is 0 Å². The fourth-order valence-corrected chi connectivity index (χ4v) is 2.21. The maximum Gasteiger partial charge on any atom is 0.303 e. The third kappa shape index (κ3) is 15.2. The Bertz CT molecular complexity index is 233. The van der Waals surface area contributed by atoms with Crippen LogP contribution in [0.1, 0.15) is 84.5 Å². The third-order valence-corrected chi connectivity index (χ3v) is 3.49. The standard InChI is InChI=1S/C17H32O2/c1-3-4-5-6-7-8-10-13-16(2)14-11-9-12-15-17(18)19/h10,13,16H,3-9,11-12,14-15H2,1-2H3,(H,18,19)/b13-10-. The van der Waals surface area contributed by atoms with E-state index >= 15 is 0 Å². The molecule has 1 atom stereocenters. The molecule has 0 saturated heterocycles. The zero-order valence-electron chi connectivity index (χ0n) is 12.9. The van der Waals surface area contributed by atoms with E-state index in [1.165, 1.54) is 44.9 Å². The van der Waals surface area contributed by atoms with Gasteiger partial charge in [-0.3, -0.25) is 4.79 Å². The van der Waals surface area contributed by atoms with E-state index < -0.39 is 5.97 Å². The molecule has 0 radical (unpaired) electrons. The van der Waals surface area contributed by atoms with E-state index in [4.69, 9.17) is 5.11 Å². The van der Waals surface area contributed by atoms with E-state index in [2.05, 4.69) is 26.0 Å². The summed E-state index contributed by atoms with van der Waals surface area (Å²) in [5.74, 6) is -0.0310. The van der Waals surface area contributed by atoms with Crippen LogP contribution in [0.4, 0.5) is 0 Å². The molecule has 0 spiro atoms. The van der Waals surface area contributed by atoms with E-state index in [1.807, 2.05) is 0 Å². The van der Waals surface area contributed by atoms with Gasteiger partial charge in [-0.2, -0.15) is 0 Å². The van der Waals surface area contributed by atoms with Crippen LogP contribution in [-0.2, 0) is 4.79 Å². The number of hydrogen-bond donors (Lipinski definition) is 1. The van der Waals surface area contributed by atoms with Crippen LogP contribution in [0, 0.1) is 5.92 Å². The molecule has 0 aromatic rings. The minimum absolute atomic E-state index is 0.321. The molecule has 1 N–H and O–H groups in total. The molecule has 0 saturated carbocycles. The molecular formula is C17H32O2. The van der Waals surface area contributed by atoms with E-state index in [0.29, 0.717) is 12.3 Å². The van der Waals surface area contributed by atoms with Crippen molar-refractivity contribution in [2.45, 2.75) is 84.5 Å². The smallest absolute Gasteiger partial charge is 0.303 e. The van der Waals surface area contributed by atoms with Crippen LogP contribution in [0.3, 0.4) is 0 Å². The van der Waals surface area contributed by atoms with E-state index in [1.54, 1.807) is 0 Å². The maximum absolute atomic E-state index is 10.4. The SMILES string of the molecule is CCCCCCC/C=C\C(C)CCCCCC(=O)O. The quantitative estimate of drug-likeness (QED) is 0.350. The molecule has 2 heteroatoms. The number of aliphatic carboxylic acids is 1. The Kier molecular flexibility index (Phi) is 13.1. The molecule has 0 aromatic heterocycles. The third-order valence-electron chi connectivity index (χ3n) is 3.49. The van der Waals surface area contributed by atoms with Crippen LogP contribution in [0.2, 0.25) is 0 Å². The van der Waals surface area contributed by atoms with E-state index in [-0.39, 0.29) is 0 Å². The first-order chi connectivity index (χ1) is 9.16. The van der Waals surface area contributed by atoms with E-state index in [0.717, 1.165) is 19.3 Å². The minimum atomic E-state index is -0.670. The van der Waals surface area contributed by atoms with Gasteiger partial charge in [0.1, 0.15) is 0 Å². The second-order valence-corrected chi connectivity index (χ2v) is 5.60. The summed E-state index contributed by atoms with van der Waals surface area (Å²) >= 11 is 0. The summed E-state index contributed by atoms with van der Waals surface area (Å²) in [4.78, 5) is 10.4. The maximum atomic E-state index is 10.4. The molecule has 0 aliphatic carbocycles. The van der Waals surface area contributed by atoms with Crippen molar-refractivity contribution >= 4 is 5.97 Å². The van der Waals surface area contributed by atoms with Crippen molar-refractivity contribution in [1.82, 2.24) is 0 Å². The van der Waals surface area contributed by atoms with Crippen molar-refractivity contribution in [1.29, 1.82) is 0 Å².